The second-order valence-electron chi connectivity index (χ2n) is 5.01. The Labute approximate surface area is 120 Å². The van der Waals surface area contributed by atoms with E-state index in [0.29, 0.717) is 13.0 Å². The first-order valence-corrected chi connectivity index (χ1v) is 7.23. The van der Waals surface area contributed by atoms with Crippen molar-refractivity contribution in [1.29, 1.82) is 0 Å². The predicted octanol–water partition coefficient (Wildman–Crippen LogP) is 3.02. The highest BCUT2D eigenvalue weighted by molar-refractivity contribution is 5.67. The SMILES string of the molecule is CCCCCCOc1cccc(CC(O)CC(=O)O)c1. The summed E-state index contributed by atoms with van der Waals surface area (Å²) in [7, 11) is 0. The molecule has 0 bridgehead atoms. The third-order valence-electron chi connectivity index (χ3n) is 3.05. The highest BCUT2D eigenvalue weighted by atomic mass is 16.5. The summed E-state index contributed by atoms with van der Waals surface area (Å²) < 4.78 is 5.66. The topological polar surface area (TPSA) is 66.8 Å². The number of carbonyl (C=O) groups is 1. The maximum atomic E-state index is 10.5. The molecule has 4 heteroatoms. The van der Waals surface area contributed by atoms with Crippen LogP contribution in [0.4, 0.5) is 0 Å². The Kier molecular flexibility index (Phi) is 7.73. The highest BCUT2D eigenvalue weighted by Crippen LogP contribution is 2.16. The Bertz CT molecular complexity index is 403. The Hall–Kier alpha value is -1.55. The van der Waals surface area contributed by atoms with E-state index in [4.69, 9.17) is 9.84 Å². The summed E-state index contributed by atoms with van der Waals surface area (Å²) in [5, 5.41) is 18.2. The standard InChI is InChI=1S/C16H24O4/c1-2-3-4-5-9-20-15-8-6-7-13(11-15)10-14(17)12-16(18)19/h6-8,11,14,17H,2-5,9-10,12H2,1H3,(H,18,19). The lowest BCUT2D eigenvalue weighted by atomic mass is 10.1. The molecular formula is C16H24O4. The van der Waals surface area contributed by atoms with Crippen LogP contribution in [0.1, 0.15) is 44.6 Å². The van der Waals surface area contributed by atoms with E-state index in [2.05, 4.69) is 6.92 Å². The van der Waals surface area contributed by atoms with Crippen LogP contribution in [0.2, 0.25) is 0 Å². The lowest BCUT2D eigenvalue weighted by Crippen LogP contribution is -2.15. The van der Waals surface area contributed by atoms with E-state index in [0.717, 1.165) is 17.7 Å². The summed E-state index contributed by atoms with van der Waals surface area (Å²) in [6.07, 6.45) is 3.89. The highest BCUT2D eigenvalue weighted by Gasteiger charge is 2.10. The zero-order valence-electron chi connectivity index (χ0n) is 12.0. The van der Waals surface area contributed by atoms with Gasteiger partial charge in [0.25, 0.3) is 0 Å². The van der Waals surface area contributed by atoms with Crippen LogP contribution in [0.5, 0.6) is 5.75 Å². The Morgan fingerprint density at radius 2 is 2.10 bits per heavy atom. The van der Waals surface area contributed by atoms with Gasteiger partial charge in [0, 0.05) is 0 Å². The van der Waals surface area contributed by atoms with Crippen LogP contribution in [0.3, 0.4) is 0 Å². The van der Waals surface area contributed by atoms with Crippen LogP contribution in [0, 0.1) is 0 Å². The number of aliphatic hydroxyl groups excluding tert-OH is 1. The molecule has 4 nitrogen and oxygen atoms in total. The monoisotopic (exact) mass is 280 g/mol. The molecule has 1 aromatic carbocycles. The molecule has 0 amide bonds. The molecule has 2 N–H and O–H groups in total. The van der Waals surface area contributed by atoms with Gasteiger partial charge in [-0.2, -0.15) is 0 Å². The van der Waals surface area contributed by atoms with E-state index in [1.807, 2.05) is 24.3 Å². The number of aliphatic hydroxyl groups is 1. The van der Waals surface area contributed by atoms with Gasteiger partial charge in [-0.1, -0.05) is 38.3 Å². The van der Waals surface area contributed by atoms with Crippen molar-refractivity contribution >= 4 is 5.97 Å². The third kappa shape index (κ3) is 7.14. The van der Waals surface area contributed by atoms with E-state index in [1.165, 1.54) is 19.3 Å². The van der Waals surface area contributed by atoms with Crippen LogP contribution in [0.25, 0.3) is 0 Å². The van der Waals surface area contributed by atoms with Gasteiger partial charge in [-0.15, -0.1) is 0 Å². The van der Waals surface area contributed by atoms with Crippen molar-refractivity contribution in [2.24, 2.45) is 0 Å². The summed E-state index contributed by atoms with van der Waals surface area (Å²) in [4.78, 5) is 10.5. The van der Waals surface area contributed by atoms with E-state index >= 15 is 0 Å². The zero-order valence-corrected chi connectivity index (χ0v) is 12.0. The fourth-order valence-electron chi connectivity index (χ4n) is 2.03. The third-order valence-corrected chi connectivity index (χ3v) is 3.05. The van der Waals surface area contributed by atoms with Crippen molar-refractivity contribution in [2.75, 3.05) is 6.61 Å². The minimum Gasteiger partial charge on any atom is -0.494 e. The molecule has 0 fully saturated rings. The maximum Gasteiger partial charge on any atom is 0.305 e. The number of unbranched alkanes of at least 4 members (excludes halogenated alkanes) is 3. The molecule has 0 aromatic heterocycles. The van der Waals surface area contributed by atoms with Gasteiger partial charge in [-0.3, -0.25) is 4.79 Å². The van der Waals surface area contributed by atoms with E-state index in [-0.39, 0.29) is 6.42 Å². The minimum atomic E-state index is -0.985. The van der Waals surface area contributed by atoms with Crippen LogP contribution in [-0.4, -0.2) is 28.9 Å². The number of rotatable bonds is 10. The number of ether oxygens (including phenoxy) is 1. The molecule has 1 rings (SSSR count). The molecule has 0 aliphatic heterocycles. The molecule has 0 aliphatic rings. The molecule has 0 saturated heterocycles. The first-order chi connectivity index (χ1) is 9.61. The summed E-state index contributed by atoms with van der Waals surface area (Å²) in [6, 6.07) is 7.48. The van der Waals surface area contributed by atoms with E-state index in [9.17, 15) is 9.90 Å². The minimum absolute atomic E-state index is 0.234. The number of aliphatic carboxylic acids is 1. The molecule has 0 spiro atoms. The molecule has 20 heavy (non-hydrogen) atoms. The smallest absolute Gasteiger partial charge is 0.305 e. The quantitative estimate of drug-likeness (QED) is 0.646. The molecule has 1 atom stereocenters. The average molecular weight is 280 g/mol. The summed E-state index contributed by atoms with van der Waals surface area (Å²) in [6.45, 7) is 2.87. The van der Waals surface area contributed by atoms with Crippen molar-refractivity contribution in [1.82, 2.24) is 0 Å². The lowest BCUT2D eigenvalue weighted by Gasteiger charge is -2.10. The zero-order chi connectivity index (χ0) is 14.8. The maximum absolute atomic E-state index is 10.5. The van der Waals surface area contributed by atoms with E-state index < -0.39 is 12.1 Å². The average Bonchev–Trinajstić information content (AvgIpc) is 2.38. The first-order valence-electron chi connectivity index (χ1n) is 7.23. The fourth-order valence-corrected chi connectivity index (χ4v) is 2.03. The normalized spacial score (nSPS) is 12.1. The summed E-state index contributed by atoms with van der Waals surface area (Å²) >= 11 is 0. The van der Waals surface area contributed by atoms with Gasteiger partial charge >= 0.3 is 5.97 Å². The van der Waals surface area contributed by atoms with Gasteiger partial charge < -0.3 is 14.9 Å². The van der Waals surface area contributed by atoms with Gasteiger partial charge in [-0.25, -0.2) is 0 Å². The van der Waals surface area contributed by atoms with Crippen molar-refractivity contribution < 1.29 is 19.7 Å². The summed E-state index contributed by atoms with van der Waals surface area (Å²) in [5.41, 5.74) is 0.893. The molecular weight excluding hydrogens is 256 g/mol. The van der Waals surface area contributed by atoms with Gasteiger partial charge in [0.2, 0.25) is 0 Å². The molecule has 0 saturated carbocycles. The fraction of sp³-hybridized carbons (Fsp3) is 0.562. The van der Waals surface area contributed by atoms with Crippen LogP contribution in [-0.2, 0) is 11.2 Å². The molecule has 112 valence electrons. The van der Waals surface area contributed by atoms with Gasteiger partial charge in [0.1, 0.15) is 5.75 Å². The van der Waals surface area contributed by atoms with Crippen molar-refractivity contribution in [3.05, 3.63) is 29.8 Å². The molecule has 1 aromatic rings. The second kappa shape index (κ2) is 9.37. The number of hydrogen-bond acceptors (Lipinski definition) is 3. The molecule has 1 unspecified atom stereocenters. The largest absolute Gasteiger partial charge is 0.494 e. The van der Waals surface area contributed by atoms with Crippen molar-refractivity contribution in [2.45, 2.75) is 51.6 Å². The molecule has 0 heterocycles. The van der Waals surface area contributed by atoms with Crippen molar-refractivity contribution in [3.63, 3.8) is 0 Å². The second-order valence-corrected chi connectivity index (χ2v) is 5.01. The van der Waals surface area contributed by atoms with Gasteiger partial charge in [-0.05, 0) is 30.5 Å². The number of hydrogen-bond donors (Lipinski definition) is 2. The predicted molar refractivity (Wildman–Crippen MR) is 78.0 cm³/mol. The first kappa shape index (κ1) is 16.5. The Morgan fingerprint density at radius 1 is 1.30 bits per heavy atom. The van der Waals surface area contributed by atoms with E-state index in [1.54, 1.807) is 0 Å². The number of carboxylic acids is 1. The lowest BCUT2D eigenvalue weighted by molar-refractivity contribution is -0.139. The van der Waals surface area contributed by atoms with Crippen LogP contribution < -0.4 is 4.74 Å². The summed E-state index contributed by atoms with van der Waals surface area (Å²) in [5.74, 6) is -0.206. The molecule has 0 aliphatic carbocycles. The van der Waals surface area contributed by atoms with Gasteiger partial charge in [0.05, 0.1) is 19.1 Å². The molecule has 0 radical (unpaired) electrons. The Balaban J connectivity index is 2.39. The van der Waals surface area contributed by atoms with Gasteiger partial charge in [0.15, 0.2) is 0 Å². The van der Waals surface area contributed by atoms with Crippen LogP contribution in [0.15, 0.2) is 24.3 Å². The van der Waals surface area contributed by atoms with Crippen LogP contribution >= 0.6 is 0 Å². The number of benzene rings is 1. The van der Waals surface area contributed by atoms with Crippen molar-refractivity contribution in [3.8, 4) is 5.75 Å². The Morgan fingerprint density at radius 3 is 2.80 bits per heavy atom. The number of carboxylic acid groups (broad SMARTS) is 1.